The van der Waals surface area contributed by atoms with E-state index in [2.05, 4.69) is 25.4 Å². The highest BCUT2D eigenvalue weighted by molar-refractivity contribution is 7.99. The average Bonchev–Trinajstić information content (AvgIpc) is 3.56. The minimum atomic E-state index is -0.722. The number of aliphatic hydroxyl groups is 1. The maximum Gasteiger partial charge on any atom is 0.251 e. The monoisotopic (exact) mass is 440 g/mol. The molecule has 5 heterocycles. The lowest BCUT2D eigenvalue weighted by Crippen LogP contribution is -2.24. The van der Waals surface area contributed by atoms with Crippen LogP contribution in [0.5, 0.6) is 0 Å². The van der Waals surface area contributed by atoms with Crippen LogP contribution in [0.1, 0.15) is 12.8 Å². The van der Waals surface area contributed by atoms with Crippen LogP contribution in [0.2, 0.25) is 0 Å². The Hall–Kier alpha value is -2.98. The van der Waals surface area contributed by atoms with Gasteiger partial charge in [-0.1, -0.05) is 11.2 Å². The number of amides is 1. The van der Waals surface area contributed by atoms with Gasteiger partial charge in [-0.2, -0.15) is 11.8 Å². The smallest absolute Gasteiger partial charge is 0.251 e. The number of aromatic nitrogens is 4. The molecule has 5 rings (SSSR count). The first-order valence-electron chi connectivity index (χ1n) is 10.1. The number of likely N-dealkylation sites (tertiary alicyclic amines) is 1. The van der Waals surface area contributed by atoms with Crippen LogP contribution in [0.25, 0.3) is 22.8 Å². The Bertz CT molecular complexity index is 998. The number of nitrogens with one attached hydrogen (secondary N) is 1. The van der Waals surface area contributed by atoms with Crippen molar-refractivity contribution < 1.29 is 14.4 Å². The third-order valence-corrected chi connectivity index (χ3v) is 6.19. The van der Waals surface area contributed by atoms with Crippen LogP contribution in [-0.2, 0) is 4.79 Å². The molecule has 0 aromatic carbocycles. The summed E-state index contributed by atoms with van der Waals surface area (Å²) in [5, 5.41) is 16.1. The second-order valence-corrected chi connectivity index (χ2v) is 8.48. The summed E-state index contributed by atoms with van der Waals surface area (Å²) in [6, 6.07) is 9.87. The van der Waals surface area contributed by atoms with E-state index in [1.807, 2.05) is 36.0 Å². The highest BCUT2D eigenvalue weighted by Gasteiger charge is 2.26. The van der Waals surface area contributed by atoms with Gasteiger partial charge in [-0.25, -0.2) is 15.0 Å². The molecule has 2 atom stereocenters. The summed E-state index contributed by atoms with van der Waals surface area (Å²) in [4.78, 5) is 25.6. The third kappa shape index (κ3) is 5.39. The maximum atomic E-state index is 10.6. The lowest BCUT2D eigenvalue weighted by atomic mass is 10.2. The van der Waals surface area contributed by atoms with Crippen LogP contribution in [0, 0.1) is 0 Å². The molecule has 2 fully saturated rings. The third-order valence-electron chi connectivity index (χ3n) is 5.03. The predicted molar refractivity (Wildman–Crippen MR) is 118 cm³/mol. The molecule has 1 amide bonds. The number of likely N-dealkylation sites (N-methyl/N-ethyl adjacent to an activating group) is 1. The molecule has 2 saturated heterocycles. The number of carbonyl (C=O) groups excluding carboxylic acids is 1. The zero-order valence-electron chi connectivity index (χ0n) is 17.1. The van der Waals surface area contributed by atoms with Gasteiger partial charge in [0.05, 0.1) is 17.1 Å². The van der Waals surface area contributed by atoms with E-state index in [0.29, 0.717) is 30.6 Å². The van der Waals surface area contributed by atoms with Crippen molar-refractivity contribution in [1.29, 1.82) is 0 Å². The van der Waals surface area contributed by atoms with E-state index in [4.69, 9.17) is 9.63 Å². The zero-order valence-corrected chi connectivity index (χ0v) is 18.0. The van der Waals surface area contributed by atoms with Crippen molar-refractivity contribution in [2.75, 3.05) is 30.4 Å². The largest absolute Gasteiger partial charge is 0.383 e. The number of hydrogen-bond donors (Lipinski definition) is 2. The van der Waals surface area contributed by atoms with E-state index < -0.39 is 6.10 Å². The maximum absolute atomic E-state index is 10.6. The molecule has 9 nitrogen and oxygen atoms in total. The molecule has 1 unspecified atom stereocenters. The highest BCUT2D eigenvalue weighted by atomic mass is 32.2. The summed E-state index contributed by atoms with van der Waals surface area (Å²) in [6.45, 7) is 0.694. The molecular formula is C21H24N6O3S. The fourth-order valence-electron chi connectivity index (χ4n) is 3.27. The van der Waals surface area contributed by atoms with E-state index in [0.717, 1.165) is 29.3 Å². The van der Waals surface area contributed by atoms with Crippen LogP contribution in [-0.4, -0.2) is 73.3 Å². The Morgan fingerprint density at radius 3 is 2.55 bits per heavy atom. The van der Waals surface area contributed by atoms with Crippen LogP contribution >= 0.6 is 11.8 Å². The minimum Gasteiger partial charge on any atom is -0.383 e. The molecule has 0 aliphatic carbocycles. The predicted octanol–water partition coefficient (Wildman–Crippen LogP) is 2.32. The highest BCUT2D eigenvalue weighted by Crippen LogP contribution is 2.23. The molecule has 3 aromatic rings. The van der Waals surface area contributed by atoms with Crippen molar-refractivity contribution in [1.82, 2.24) is 25.0 Å². The van der Waals surface area contributed by atoms with Crippen LogP contribution in [0.4, 0.5) is 5.95 Å². The molecule has 31 heavy (non-hydrogen) atoms. The SMILES string of the molecule is CN1CCC(O)C1=O.c1cc(-c2ccon2)nc(-c2ccnc(N[C@@H]3CCSC3)n2)c1. The number of aliphatic hydroxyl groups excluding tert-OH is 1. The number of rotatable bonds is 4. The van der Waals surface area contributed by atoms with Crippen molar-refractivity contribution in [2.45, 2.75) is 25.0 Å². The fraction of sp³-hybridized carbons (Fsp3) is 0.381. The molecular weight excluding hydrogens is 416 g/mol. The van der Waals surface area contributed by atoms with Crippen LogP contribution < -0.4 is 5.32 Å². The molecule has 0 saturated carbocycles. The van der Waals surface area contributed by atoms with Crippen molar-refractivity contribution >= 4 is 23.6 Å². The number of hydrogen-bond acceptors (Lipinski definition) is 9. The van der Waals surface area contributed by atoms with Gasteiger partial charge < -0.3 is 19.8 Å². The lowest BCUT2D eigenvalue weighted by molar-refractivity contribution is -0.133. The van der Waals surface area contributed by atoms with Crippen LogP contribution in [0.15, 0.2) is 47.3 Å². The van der Waals surface area contributed by atoms with Gasteiger partial charge in [-0.15, -0.1) is 0 Å². The quantitative estimate of drug-likeness (QED) is 0.630. The summed E-state index contributed by atoms with van der Waals surface area (Å²) in [5.74, 6) is 2.81. The molecule has 10 heteroatoms. The number of pyridine rings is 1. The van der Waals surface area contributed by atoms with E-state index in [-0.39, 0.29) is 5.91 Å². The summed E-state index contributed by atoms with van der Waals surface area (Å²) in [7, 11) is 1.69. The van der Waals surface area contributed by atoms with Gasteiger partial charge in [0.2, 0.25) is 5.95 Å². The van der Waals surface area contributed by atoms with Crippen molar-refractivity contribution in [3.05, 3.63) is 42.8 Å². The van der Waals surface area contributed by atoms with Crippen molar-refractivity contribution in [3.8, 4) is 22.8 Å². The summed E-state index contributed by atoms with van der Waals surface area (Å²) in [5.41, 5.74) is 3.05. The summed E-state index contributed by atoms with van der Waals surface area (Å²) in [6.07, 6.45) is 4.32. The molecule has 162 valence electrons. The minimum absolute atomic E-state index is 0.148. The van der Waals surface area contributed by atoms with Gasteiger partial charge in [0.1, 0.15) is 18.1 Å². The van der Waals surface area contributed by atoms with Gasteiger partial charge in [0.15, 0.2) is 0 Å². The van der Waals surface area contributed by atoms with Gasteiger partial charge >= 0.3 is 0 Å². The molecule has 2 N–H and O–H groups in total. The van der Waals surface area contributed by atoms with Gasteiger partial charge in [0.25, 0.3) is 5.91 Å². The van der Waals surface area contributed by atoms with E-state index in [9.17, 15) is 4.79 Å². The molecule has 0 radical (unpaired) electrons. The number of thioether (sulfide) groups is 1. The Kier molecular flexibility index (Phi) is 6.78. The molecule has 2 aliphatic heterocycles. The molecule has 3 aromatic heterocycles. The van der Waals surface area contributed by atoms with Gasteiger partial charge in [-0.3, -0.25) is 4.79 Å². The van der Waals surface area contributed by atoms with Crippen LogP contribution in [0.3, 0.4) is 0 Å². The van der Waals surface area contributed by atoms with E-state index >= 15 is 0 Å². The molecule has 2 aliphatic rings. The summed E-state index contributed by atoms with van der Waals surface area (Å²) >= 11 is 1.96. The first-order valence-corrected chi connectivity index (χ1v) is 11.2. The number of nitrogens with zero attached hydrogens (tertiary/aromatic N) is 5. The van der Waals surface area contributed by atoms with Gasteiger partial charge in [0, 0.05) is 37.7 Å². The second-order valence-electron chi connectivity index (χ2n) is 7.33. The number of carbonyl (C=O) groups is 1. The first-order chi connectivity index (χ1) is 15.1. The Morgan fingerprint density at radius 1 is 1.13 bits per heavy atom. The standard InChI is InChI=1S/C16H15N5OS.C5H9NO2/c1-2-12(19-13(3-1)15-5-8-22-21-15)14-4-7-17-16(20-14)18-11-6-9-23-10-11;1-6-3-2-4(7)5(6)8/h1-5,7-8,11H,6,9-10H2,(H,17,18,20);4,7H,2-3H2,1H3/t11-;/m1./s1. The van der Waals surface area contributed by atoms with E-state index in [1.165, 1.54) is 16.9 Å². The lowest BCUT2D eigenvalue weighted by Gasteiger charge is -2.11. The Morgan fingerprint density at radius 2 is 1.94 bits per heavy atom. The van der Waals surface area contributed by atoms with Gasteiger partial charge in [-0.05, 0) is 36.8 Å². The number of anilines is 1. The molecule has 0 spiro atoms. The topological polar surface area (TPSA) is 117 Å². The average molecular weight is 441 g/mol. The normalized spacial score (nSPS) is 20.5. The fourth-order valence-corrected chi connectivity index (χ4v) is 4.42. The zero-order chi connectivity index (χ0) is 21.6. The van der Waals surface area contributed by atoms with Crippen molar-refractivity contribution in [2.24, 2.45) is 0 Å². The Labute approximate surface area is 184 Å². The van der Waals surface area contributed by atoms with Crippen molar-refractivity contribution in [3.63, 3.8) is 0 Å². The summed E-state index contributed by atoms with van der Waals surface area (Å²) < 4.78 is 4.88. The van der Waals surface area contributed by atoms with E-state index in [1.54, 1.807) is 19.3 Å². The second kappa shape index (κ2) is 9.88. The Balaban J connectivity index is 0.000000245. The first kappa shape index (κ1) is 21.3. The molecule has 0 bridgehead atoms.